The van der Waals surface area contributed by atoms with Gasteiger partial charge in [0, 0.05) is 16.7 Å². The van der Waals surface area contributed by atoms with Crippen LogP contribution in [0.15, 0.2) is 17.5 Å². The standard InChI is InChI=1S/C16H22N2O4S2/c1-11(15(20)18-16(21)17-12-5-2-3-6-12)22-14(19)10-23-9-13-7-4-8-24-13/h4,7-8,11-12H,2-3,5-6,9-10H2,1H3,(H2,17,18,20,21)/t11-/m0/s1. The molecule has 6 nitrogen and oxygen atoms in total. The molecule has 2 N–H and O–H groups in total. The van der Waals surface area contributed by atoms with Gasteiger partial charge in [0.15, 0.2) is 6.10 Å². The van der Waals surface area contributed by atoms with Gasteiger partial charge in [0.1, 0.15) is 0 Å². The van der Waals surface area contributed by atoms with E-state index in [2.05, 4.69) is 10.6 Å². The fourth-order valence-corrected chi connectivity index (χ4v) is 4.06. The number of carbonyl (C=O) groups is 3. The smallest absolute Gasteiger partial charge is 0.321 e. The fourth-order valence-electron chi connectivity index (χ4n) is 2.42. The first-order valence-corrected chi connectivity index (χ1v) is 9.99. The van der Waals surface area contributed by atoms with E-state index in [1.165, 1.54) is 23.6 Å². The lowest BCUT2D eigenvalue weighted by Gasteiger charge is -2.15. The van der Waals surface area contributed by atoms with Crippen LogP contribution >= 0.6 is 23.1 Å². The van der Waals surface area contributed by atoms with Crippen molar-refractivity contribution in [2.24, 2.45) is 0 Å². The molecular formula is C16H22N2O4S2. The molecular weight excluding hydrogens is 348 g/mol. The van der Waals surface area contributed by atoms with Crippen molar-refractivity contribution < 1.29 is 19.1 Å². The van der Waals surface area contributed by atoms with E-state index < -0.39 is 24.0 Å². The Labute approximate surface area is 149 Å². The highest BCUT2D eigenvalue weighted by atomic mass is 32.2. The minimum Gasteiger partial charge on any atom is -0.452 e. The molecule has 1 aliphatic carbocycles. The predicted molar refractivity (Wildman–Crippen MR) is 95.0 cm³/mol. The van der Waals surface area contributed by atoms with Crippen LogP contribution in [0.25, 0.3) is 0 Å². The summed E-state index contributed by atoms with van der Waals surface area (Å²) in [6, 6.07) is 3.57. The zero-order valence-electron chi connectivity index (χ0n) is 13.6. The van der Waals surface area contributed by atoms with E-state index in [0.29, 0.717) is 0 Å². The van der Waals surface area contributed by atoms with Crippen LogP contribution in [-0.2, 0) is 20.1 Å². The van der Waals surface area contributed by atoms with Crippen LogP contribution in [0.1, 0.15) is 37.5 Å². The first kappa shape index (κ1) is 18.8. The van der Waals surface area contributed by atoms with Crippen molar-refractivity contribution in [1.29, 1.82) is 0 Å². The van der Waals surface area contributed by atoms with Crippen molar-refractivity contribution >= 4 is 41.0 Å². The molecule has 1 fully saturated rings. The molecule has 1 aromatic rings. The van der Waals surface area contributed by atoms with Crippen molar-refractivity contribution in [3.63, 3.8) is 0 Å². The van der Waals surface area contributed by atoms with E-state index in [1.54, 1.807) is 11.3 Å². The van der Waals surface area contributed by atoms with Crippen molar-refractivity contribution in [2.75, 3.05) is 5.75 Å². The van der Waals surface area contributed by atoms with Gasteiger partial charge in [-0.25, -0.2) is 4.79 Å². The maximum Gasteiger partial charge on any atom is 0.321 e. The predicted octanol–water partition coefficient (Wildman–Crippen LogP) is 2.68. The van der Waals surface area contributed by atoms with E-state index in [-0.39, 0.29) is 11.8 Å². The molecule has 0 spiro atoms. The monoisotopic (exact) mass is 370 g/mol. The Bertz CT molecular complexity index is 556. The largest absolute Gasteiger partial charge is 0.452 e. The molecule has 1 aliphatic rings. The third-order valence-electron chi connectivity index (χ3n) is 3.65. The minimum absolute atomic E-state index is 0.129. The van der Waals surface area contributed by atoms with E-state index in [1.807, 2.05) is 17.5 Å². The minimum atomic E-state index is -0.992. The number of esters is 1. The molecule has 8 heteroatoms. The SMILES string of the molecule is C[C@H](OC(=O)CSCc1cccs1)C(=O)NC(=O)NC1CCCC1. The van der Waals surface area contributed by atoms with Gasteiger partial charge in [0.25, 0.3) is 5.91 Å². The molecule has 1 heterocycles. The highest BCUT2D eigenvalue weighted by molar-refractivity contribution is 7.99. The van der Waals surface area contributed by atoms with Crippen LogP contribution in [0.5, 0.6) is 0 Å². The number of rotatable bonds is 7. The third kappa shape index (κ3) is 6.52. The number of imide groups is 1. The van der Waals surface area contributed by atoms with Crippen LogP contribution in [0.2, 0.25) is 0 Å². The van der Waals surface area contributed by atoms with E-state index >= 15 is 0 Å². The molecule has 0 aliphatic heterocycles. The summed E-state index contributed by atoms with van der Waals surface area (Å²) in [5.74, 6) is -0.168. The second-order valence-electron chi connectivity index (χ2n) is 5.65. The zero-order chi connectivity index (χ0) is 17.4. The number of hydrogen-bond donors (Lipinski definition) is 2. The zero-order valence-corrected chi connectivity index (χ0v) is 15.2. The van der Waals surface area contributed by atoms with Crippen LogP contribution in [0.3, 0.4) is 0 Å². The van der Waals surface area contributed by atoms with Gasteiger partial charge >= 0.3 is 12.0 Å². The van der Waals surface area contributed by atoms with Crippen molar-refractivity contribution in [3.8, 4) is 0 Å². The van der Waals surface area contributed by atoms with Gasteiger partial charge in [-0.05, 0) is 31.2 Å². The molecule has 132 valence electrons. The number of nitrogens with one attached hydrogen (secondary N) is 2. The average molecular weight is 370 g/mol. The van der Waals surface area contributed by atoms with Gasteiger partial charge in [-0.1, -0.05) is 18.9 Å². The normalized spacial score (nSPS) is 15.7. The quantitative estimate of drug-likeness (QED) is 0.721. The van der Waals surface area contributed by atoms with Gasteiger partial charge in [-0.2, -0.15) is 0 Å². The van der Waals surface area contributed by atoms with Gasteiger partial charge in [0.2, 0.25) is 0 Å². The molecule has 2 rings (SSSR count). The maximum atomic E-state index is 11.9. The molecule has 0 radical (unpaired) electrons. The number of ether oxygens (including phenoxy) is 1. The van der Waals surface area contributed by atoms with Crippen molar-refractivity contribution in [3.05, 3.63) is 22.4 Å². The second kappa shape index (κ2) is 9.68. The highest BCUT2D eigenvalue weighted by Crippen LogP contribution is 2.18. The molecule has 24 heavy (non-hydrogen) atoms. The number of hydrogen-bond acceptors (Lipinski definition) is 6. The Balaban J connectivity index is 1.62. The van der Waals surface area contributed by atoms with Crippen LogP contribution in [0, 0.1) is 0 Å². The van der Waals surface area contributed by atoms with Gasteiger partial charge < -0.3 is 10.1 Å². The summed E-state index contributed by atoms with van der Waals surface area (Å²) >= 11 is 3.06. The fraction of sp³-hybridized carbons (Fsp3) is 0.562. The summed E-state index contributed by atoms with van der Waals surface area (Å²) in [4.78, 5) is 36.5. The summed E-state index contributed by atoms with van der Waals surface area (Å²) in [5, 5.41) is 6.96. The summed E-state index contributed by atoms with van der Waals surface area (Å²) in [7, 11) is 0. The Kier molecular flexibility index (Phi) is 7.58. The Morgan fingerprint density at radius 3 is 2.79 bits per heavy atom. The van der Waals surface area contributed by atoms with Crippen LogP contribution < -0.4 is 10.6 Å². The van der Waals surface area contributed by atoms with E-state index in [4.69, 9.17) is 4.74 Å². The number of carbonyl (C=O) groups excluding carboxylic acids is 3. The molecule has 0 saturated heterocycles. The van der Waals surface area contributed by atoms with Crippen molar-refractivity contribution in [1.82, 2.24) is 10.6 Å². The summed E-state index contributed by atoms with van der Waals surface area (Å²) < 4.78 is 5.05. The lowest BCUT2D eigenvalue weighted by atomic mass is 10.2. The molecule has 0 aromatic carbocycles. The second-order valence-corrected chi connectivity index (χ2v) is 7.67. The Hall–Kier alpha value is -1.54. The van der Waals surface area contributed by atoms with Crippen molar-refractivity contribution in [2.45, 2.75) is 50.5 Å². The number of thioether (sulfide) groups is 1. The lowest BCUT2D eigenvalue weighted by Crippen LogP contribution is -2.47. The number of thiophene rings is 1. The molecule has 3 amide bonds. The Morgan fingerprint density at radius 2 is 2.12 bits per heavy atom. The van der Waals surface area contributed by atoms with Gasteiger partial charge in [0.05, 0.1) is 5.75 Å². The molecule has 1 aromatic heterocycles. The van der Waals surface area contributed by atoms with E-state index in [0.717, 1.165) is 31.4 Å². The number of amides is 3. The Morgan fingerprint density at radius 1 is 1.38 bits per heavy atom. The average Bonchev–Trinajstić information content (AvgIpc) is 3.20. The highest BCUT2D eigenvalue weighted by Gasteiger charge is 2.22. The van der Waals surface area contributed by atoms with E-state index in [9.17, 15) is 14.4 Å². The van der Waals surface area contributed by atoms with Gasteiger partial charge in [-0.15, -0.1) is 23.1 Å². The number of urea groups is 1. The topological polar surface area (TPSA) is 84.5 Å². The summed E-state index contributed by atoms with van der Waals surface area (Å²) in [6.45, 7) is 1.46. The van der Waals surface area contributed by atoms with Crippen LogP contribution in [0.4, 0.5) is 4.79 Å². The molecule has 1 atom stereocenters. The summed E-state index contributed by atoms with van der Waals surface area (Å²) in [6.07, 6.45) is 3.07. The summed E-state index contributed by atoms with van der Waals surface area (Å²) in [5.41, 5.74) is 0. The molecule has 0 unspecified atom stereocenters. The first-order chi connectivity index (χ1) is 11.5. The molecule has 1 saturated carbocycles. The molecule has 0 bridgehead atoms. The van der Waals surface area contributed by atoms with Gasteiger partial charge in [-0.3, -0.25) is 14.9 Å². The van der Waals surface area contributed by atoms with Crippen LogP contribution in [-0.4, -0.2) is 35.8 Å². The maximum absolute atomic E-state index is 11.9. The third-order valence-corrected chi connectivity index (χ3v) is 5.66. The lowest BCUT2D eigenvalue weighted by molar-refractivity contribution is -0.151. The first-order valence-electron chi connectivity index (χ1n) is 7.95.